The van der Waals surface area contributed by atoms with Crippen molar-refractivity contribution in [2.75, 3.05) is 0 Å². The zero-order valence-electron chi connectivity index (χ0n) is 12.9. The van der Waals surface area contributed by atoms with Crippen LogP contribution in [-0.4, -0.2) is 10.1 Å². The molecule has 0 radical (unpaired) electrons. The van der Waals surface area contributed by atoms with Crippen molar-refractivity contribution in [2.24, 2.45) is 0 Å². The van der Waals surface area contributed by atoms with Crippen LogP contribution in [0.1, 0.15) is 35.8 Å². The maximum absolute atomic E-state index is 10.3. The average Bonchev–Trinajstić information content (AvgIpc) is 2.60. The Labute approximate surface area is 135 Å². The van der Waals surface area contributed by atoms with Crippen LogP contribution in [0.5, 0.6) is 5.75 Å². The lowest BCUT2D eigenvalue weighted by Gasteiger charge is -2.24. The van der Waals surface area contributed by atoms with E-state index in [4.69, 9.17) is 4.74 Å². The summed E-state index contributed by atoms with van der Waals surface area (Å²) >= 11 is 0. The zero-order valence-corrected chi connectivity index (χ0v) is 12.9. The lowest BCUT2D eigenvalue weighted by molar-refractivity contribution is 0.150. The summed E-state index contributed by atoms with van der Waals surface area (Å²) in [5.41, 5.74) is 3.88. The molecule has 3 nitrogen and oxygen atoms in total. The molecule has 4 rings (SSSR count). The third-order valence-corrected chi connectivity index (χ3v) is 4.42. The van der Waals surface area contributed by atoms with E-state index in [0.29, 0.717) is 6.61 Å². The van der Waals surface area contributed by atoms with Crippen LogP contribution < -0.4 is 4.74 Å². The Hall–Kier alpha value is -2.39. The number of para-hydroxylation sites is 1. The van der Waals surface area contributed by atoms with E-state index in [1.54, 1.807) is 0 Å². The Bertz CT molecular complexity index is 830. The molecule has 116 valence electrons. The summed E-state index contributed by atoms with van der Waals surface area (Å²) in [6, 6.07) is 18.2. The number of hydrogen-bond donors (Lipinski definition) is 1. The molecule has 1 aliphatic carbocycles. The third kappa shape index (κ3) is 2.68. The largest absolute Gasteiger partial charge is 0.488 e. The highest BCUT2D eigenvalue weighted by Crippen LogP contribution is 2.39. The van der Waals surface area contributed by atoms with Crippen molar-refractivity contribution in [3.8, 4) is 5.75 Å². The minimum atomic E-state index is -0.484. The molecule has 2 aromatic carbocycles. The van der Waals surface area contributed by atoms with Gasteiger partial charge < -0.3 is 9.84 Å². The number of benzene rings is 2. The molecule has 1 aromatic heterocycles. The van der Waals surface area contributed by atoms with Gasteiger partial charge in [0.05, 0.1) is 17.3 Å². The summed E-state index contributed by atoms with van der Waals surface area (Å²) in [7, 11) is 0. The molecule has 1 aliphatic rings. The first-order valence-corrected chi connectivity index (χ1v) is 8.09. The average molecular weight is 305 g/mol. The standard InChI is InChI=1S/C20H19NO2/c22-18-12-6-10-16-19(18)21-17-11-5-4-9-15(17)20(16)23-13-14-7-2-1-3-8-14/h1-5,7-9,11,18,22H,6,10,12-13H2. The number of aliphatic hydroxyl groups is 1. The molecule has 3 heteroatoms. The Morgan fingerprint density at radius 2 is 1.83 bits per heavy atom. The van der Waals surface area contributed by atoms with Crippen LogP contribution in [-0.2, 0) is 13.0 Å². The van der Waals surface area contributed by atoms with Crippen LogP contribution in [0.4, 0.5) is 0 Å². The third-order valence-electron chi connectivity index (χ3n) is 4.42. The highest BCUT2D eigenvalue weighted by Gasteiger charge is 2.25. The number of aromatic nitrogens is 1. The van der Waals surface area contributed by atoms with Crippen LogP contribution in [0.15, 0.2) is 54.6 Å². The van der Waals surface area contributed by atoms with Gasteiger partial charge in [-0.25, -0.2) is 4.98 Å². The van der Waals surface area contributed by atoms with Crippen molar-refractivity contribution < 1.29 is 9.84 Å². The zero-order chi connectivity index (χ0) is 15.6. The molecule has 1 atom stereocenters. The Balaban J connectivity index is 1.80. The maximum atomic E-state index is 10.3. The summed E-state index contributed by atoms with van der Waals surface area (Å²) in [6.45, 7) is 0.525. The van der Waals surface area contributed by atoms with Gasteiger partial charge in [0.25, 0.3) is 0 Å². The van der Waals surface area contributed by atoms with Crippen molar-refractivity contribution in [3.63, 3.8) is 0 Å². The molecule has 0 aliphatic heterocycles. The van der Waals surface area contributed by atoms with E-state index in [0.717, 1.165) is 52.7 Å². The van der Waals surface area contributed by atoms with Gasteiger partial charge in [0.1, 0.15) is 12.4 Å². The molecular formula is C20H19NO2. The predicted molar refractivity (Wildman–Crippen MR) is 90.4 cm³/mol. The number of ether oxygens (including phenoxy) is 1. The van der Waals surface area contributed by atoms with Gasteiger partial charge in [-0.1, -0.05) is 42.5 Å². The van der Waals surface area contributed by atoms with Crippen molar-refractivity contribution >= 4 is 10.9 Å². The van der Waals surface area contributed by atoms with E-state index in [9.17, 15) is 5.11 Å². The molecule has 1 N–H and O–H groups in total. The van der Waals surface area contributed by atoms with E-state index >= 15 is 0 Å². The quantitative estimate of drug-likeness (QED) is 0.789. The minimum Gasteiger partial charge on any atom is -0.488 e. The van der Waals surface area contributed by atoms with Gasteiger partial charge >= 0.3 is 0 Å². The Kier molecular flexibility index (Phi) is 3.72. The van der Waals surface area contributed by atoms with Gasteiger partial charge in [-0.15, -0.1) is 0 Å². The van der Waals surface area contributed by atoms with Crippen LogP contribution in [0.25, 0.3) is 10.9 Å². The second-order valence-corrected chi connectivity index (χ2v) is 6.00. The van der Waals surface area contributed by atoms with Gasteiger partial charge in [-0.05, 0) is 37.0 Å². The van der Waals surface area contributed by atoms with E-state index < -0.39 is 6.10 Å². The van der Waals surface area contributed by atoms with Crippen molar-refractivity contribution in [3.05, 3.63) is 71.4 Å². The maximum Gasteiger partial charge on any atom is 0.134 e. The van der Waals surface area contributed by atoms with Gasteiger partial charge in [0.2, 0.25) is 0 Å². The van der Waals surface area contributed by atoms with Crippen LogP contribution in [0.2, 0.25) is 0 Å². The van der Waals surface area contributed by atoms with Crippen LogP contribution in [0.3, 0.4) is 0 Å². The molecule has 1 unspecified atom stereocenters. The summed E-state index contributed by atoms with van der Waals surface area (Å²) in [5, 5.41) is 11.3. The van der Waals surface area contributed by atoms with Crippen molar-refractivity contribution in [1.82, 2.24) is 4.98 Å². The highest BCUT2D eigenvalue weighted by molar-refractivity contribution is 5.87. The topological polar surface area (TPSA) is 42.4 Å². The van der Waals surface area contributed by atoms with E-state index in [1.807, 2.05) is 42.5 Å². The molecule has 0 amide bonds. The number of pyridine rings is 1. The number of fused-ring (bicyclic) bond motifs is 2. The molecular weight excluding hydrogens is 286 g/mol. The molecule has 0 bridgehead atoms. The second-order valence-electron chi connectivity index (χ2n) is 6.00. The molecule has 1 heterocycles. The molecule has 0 spiro atoms. The first-order valence-electron chi connectivity index (χ1n) is 8.09. The fraction of sp³-hybridized carbons (Fsp3) is 0.250. The first-order chi connectivity index (χ1) is 11.3. The smallest absolute Gasteiger partial charge is 0.134 e. The number of rotatable bonds is 3. The van der Waals surface area contributed by atoms with Crippen molar-refractivity contribution in [2.45, 2.75) is 32.0 Å². The summed E-state index contributed by atoms with van der Waals surface area (Å²) < 4.78 is 6.20. The van der Waals surface area contributed by atoms with Crippen molar-refractivity contribution in [1.29, 1.82) is 0 Å². The van der Waals surface area contributed by atoms with Gasteiger partial charge in [0, 0.05) is 10.9 Å². The molecule has 0 saturated heterocycles. The van der Waals surface area contributed by atoms with Gasteiger partial charge in [0.15, 0.2) is 0 Å². The Morgan fingerprint density at radius 3 is 2.70 bits per heavy atom. The monoisotopic (exact) mass is 305 g/mol. The fourth-order valence-corrected chi connectivity index (χ4v) is 3.26. The molecule has 0 saturated carbocycles. The van der Waals surface area contributed by atoms with Crippen LogP contribution in [0, 0.1) is 0 Å². The molecule has 0 fully saturated rings. The SMILES string of the molecule is OC1CCCc2c1nc1ccccc1c2OCc1ccccc1. The lowest BCUT2D eigenvalue weighted by atomic mass is 9.91. The summed E-state index contributed by atoms with van der Waals surface area (Å²) in [5.74, 6) is 0.883. The second kappa shape index (κ2) is 6.01. The summed E-state index contributed by atoms with van der Waals surface area (Å²) in [4.78, 5) is 4.68. The minimum absolute atomic E-state index is 0.484. The van der Waals surface area contributed by atoms with Gasteiger partial charge in [-0.2, -0.15) is 0 Å². The number of hydrogen-bond acceptors (Lipinski definition) is 3. The van der Waals surface area contributed by atoms with E-state index in [1.165, 1.54) is 0 Å². The normalized spacial score (nSPS) is 17.0. The summed E-state index contributed by atoms with van der Waals surface area (Å²) in [6.07, 6.45) is 2.17. The lowest BCUT2D eigenvalue weighted by Crippen LogP contribution is -2.14. The fourth-order valence-electron chi connectivity index (χ4n) is 3.26. The highest BCUT2D eigenvalue weighted by atomic mass is 16.5. The molecule has 3 aromatic rings. The van der Waals surface area contributed by atoms with Gasteiger partial charge in [-0.3, -0.25) is 0 Å². The first kappa shape index (κ1) is 14.2. The predicted octanol–water partition coefficient (Wildman–Crippen LogP) is 4.18. The Morgan fingerprint density at radius 1 is 1.04 bits per heavy atom. The number of nitrogens with zero attached hydrogens (tertiary/aromatic N) is 1. The van der Waals surface area contributed by atoms with E-state index in [2.05, 4.69) is 17.1 Å². The molecule has 23 heavy (non-hydrogen) atoms. The van der Waals surface area contributed by atoms with E-state index in [-0.39, 0.29) is 0 Å². The van der Waals surface area contributed by atoms with Crippen LogP contribution >= 0.6 is 0 Å². The number of aliphatic hydroxyl groups excluding tert-OH is 1.